The molecule has 1 atom stereocenters. The summed E-state index contributed by atoms with van der Waals surface area (Å²) in [7, 11) is -4.58. The normalized spacial score (nSPS) is 21.1. The predicted molar refractivity (Wildman–Crippen MR) is 71.9 cm³/mol. The molecule has 0 saturated heterocycles. The molecule has 1 aromatic heterocycles. The Hall–Kier alpha value is -1.91. The molecule has 24 heavy (non-hydrogen) atoms. The third-order valence-corrected chi connectivity index (χ3v) is 4.34. The van der Waals surface area contributed by atoms with Gasteiger partial charge in [-0.05, 0) is 11.6 Å². The van der Waals surface area contributed by atoms with E-state index in [2.05, 4.69) is 9.17 Å². The van der Waals surface area contributed by atoms with Crippen LogP contribution in [0.25, 0.3) is 0 Å². The summed E-state index contributed by atoms with van der Waals surface area (Å²) in [5, 5.41) is 0. The van der Waals surface area contributed by atoms with Crippen LogP contribution in [0.3, 0.4) is 0 Å². The minimum absolute atomic E-state index is 0.00833. The molecule has 1 aliphatic rings. The molecule has 1 aliphatic carbocycles. The molecule has 2 rings (SSSR count). The summed E-state index contributed by atoms with van der Waals surface area (Å²) >= 11 is 0. The number of ether oxygens (including phenoxy) is 1. The van der Waals surface area contributed by atoms with E-state index < -0.39 is 46.1 Å². The van der Waals surface area contributed by atoms with Gasteiger partial charge in [-0.3, -0.25) is 0 Å². The zero-order valence-electron chi connectivity index (χ0n) is 12.2. The van der Waals surface area contributed by atoms with E-state index in [4.69, 9.17) is 4.74 Å². The van der Waals surface area contributed by atoms with Crippen LogP contribution in [0.2, 0.25) is 0 Å². The topological polar surface area (TPSA) is 65.5 Å². The van der Waals surface area contributed by atoms with E-state index in [1.807, 2.05) is 0 Å². The third-order valence-electron chi connectivity index (χ3n) is 3.34. The van der Waals surface area contributed by atoms with Crippen molar-refractivity contribution < 1.29 is 39.3 Å². The van der Waals surface area contributed by atoms with Crippen molar-refractivity contribution in [2.75, 3.05) is 7.11 Å². The molecule has 1 unspecified atom stereocenters. The summed E-state index contributed by atoms with van der Waals surface area (Å²) in [5.41, 5.74) is -5.64. The van der Waals surface area contributed by atoms with E-state index in [1.54, 1.807) is 0 Å². The average molecular weight is 373 g/mol. The molecule has 0 fully saturated rings. The summed E-state index contributed by atoms with van der Waals surface area (Å²) in [6, 6.07) is 2.57. The summed E-state index contributed by atoms with van der Waals surface area (Å²) in [6.45, 7) is 0. The Kier molecular flexibility index (Phi) is 4.75. The second kappa shape index (κ2) is 6.19. The quantitative estimate of drug-likeness (QED) is 0.460. The molecule has 0 aromatic carbocycles. The minimum Gasteiger partial charge on any atom is -0.481 e. The predicted octanol–water partition coefficient (Wildman–Crippen LogP) is 3.35. The lowest BCUT2D eigenvalue weighted by atomic mass is 9.86. The number of hydrogen-bond donors (Lipinski definition) is 0. The lowest BCUT2D eigenvalue weighted by molar-refractivity contribution is -0.0542. The van der Waals surface area contributed by atoms with Crippen LogP contribution in [0.4, 0.5) is 22.0 Å². The number of rotatable bonds is 4. The number of methoxy groups -OCH3 is 1. The highest BCUT2D eigenvalue weighted by atomic mass is 32.2. The van der Waals surface area contributed by atoms with Crippen molar-refractivity contribution in [3.05, 3.63) is 35.7 Å². The van der Waals surface area contributed by atoms with Gasteiger partial charge in [0.05, 0.1) is 13.0 Å². The highest BCUT2D eigenvalue weighted by molar-refractivity contribution is 7.87. The molecule has 0 radical (unpaired) electrons. The van der Waals surface area contributed by atoms with Gasteiger partial charge in [0.2, 0.25) is 5.88 Å². The molecule has 0 N–H and O–H groups in total. The summed E-state index contributed by atoms with van der Waals surface area (Å²) in [6.07, 6.45) is 0.261. The zero-order chi connectivity index (χ0) is 18.2. The molecule has 134 valence electrons. The van der Waals surface area contributed by atoms with Crippen LogP contribution in [-0.2, 0) is 14.3 Å². The SMILES string of the molecule is COc1ccc(C2C=C(OS(=O)(=O)C(F)(F)F)CCC2(F)F)cn1. The van der Waals surface area contributed by atoms with Crippen molar-refractivity contribution in [2.24, 2.45) is 0 Å². The van der Waals surface area contributed by atoms with Crippen LogP contribution in [-0.4, -0.2) is 31.9 Å². The molecule has 0 aliphatic heterocycles. The standard InChI is InChI=1S/C13H12F5NO4S/c1-22-11-3-2-8(7-19-11)10-6-9(4-5-12(10,14)15)23-24(20,21)13(16,17)18/h2-3,6-7,10H,4-5H2,1H3. The number of halogens is 5. The summed E-state index contributed by atoms with van der Waals surface area (Å²) in [5.74, 6) is -5.47. The van der Waals surface area contributed by atoms with Crippen molar-refractivity contribution in [1.82, 2.24) is 4.98 Å². The van der Waals surface area contributed by atoms with Crippen LogP contribution in [0, 0.1) is 0 Å². The van der Waals surface area contributed by atoms with Gasteiger partial charge in [0.25, 0.3) is 5.92 Å². The molecule has 1 heterocycles. The first-order chi connectivity index (χ1) is 11.0. The molecular formula is C13H12F5NO4S. The van der Waals surface area contributed by atoms with Gasteiger partial charge in [-0.1, -0.05) is 6.07 Å². The molecule has 0 amide bonds. The van der Waals surface area contributed by atoms with Crippen molar-refractivity contribution in [2.45, 2.75) is 30.2 Å². The zero-order valence-corrected chi connectivity index (χ0v) is 13.0. The van der Waals surface area contributed by atoms with E-state index >= 15 is 0 Å². The molecule has 1 aromatic rings. The highest BCUT2D eigenvalue weighted by Crippen LogP contribution is 2.44. The van der Waals surface area contributed by atoms with Crippen LogP contribution in [0.1, 0.15) is 24.3 Å². The highest BCUT2D eigenvalue weighted by Gasteiger charge is 2.50. The van der Waals surface area contributed by atoms with Crippen molar-refractivity contribution in [3.63, 3.8) is 0 Å². The molecule has 0 spiro atoms. The van der Waals surface area contributed by atoms with E-state index in [0.717, 1.165) is 6.20 Å². The van der Waals surface area contributed by atoms with Gasteiger partial charge in [0.1, 0.15) is 5.76 Å². The molecule has 5 nitrogen and oxygen atoms in total. The van der Waals surface area contributed by atoms with E-state index in [0.29, 0.717) is 6.08 Å². The maximum Gasteiger partial charge on any atom is 0.534 e. The Balaban J connectivity index is 2.34. The van der Waals surface area contributed by atoms with Gasteiger partial charge in [0.15, 0.2) is 0 Å². The number of aromatic nitrogens is 1. The van der Waals surface area contributed by atoms with Crippen LogP contribution in [0.15, 0.2) is 30.2 Å². The minimum atomic E-state index is -5.90. The fourth-order valence-corrected chi connectivity index (χ4v) is 2.65. The first-order valence-electron chi connectivity index (χ1n) is 6.55. The number of alkyl halides is 5. The first-order valence-corrected chi connectivity index (χ1v) is 7.96. The van der Waals surface area contributed by atoms with Crippen molar-refractivity contribution in [3.8, 4) is 5.88 Å². The van der Waals surface area contributed by atoms with E-state index in [9.17, 15) is 30.4 Å². The Bertz CT molecular complexity index is 728. The Morgan fingerprint density at radius 2 is 1.96 bits per heavy atom. The summed E-state index contributed by atoms with van der Waals surface area (Å²) in [4.78, 5) is 3.75. The van der Waals surface area contributed by atoms with Gasteiger partial charge in [-0.25, -0.2) is 13.8 Å². The Labute approximate surface area is 134 Å². The molecule has 0 bridgehead atoms. The first kappa shape index (κ1) is 18.4. The molecule has 11 heteroatoms. The lowest BCUT2D eigenvalue weighted by Crippen LogP contribution is -2.31. The monoisotopic (exact) mass is 373 g/mol. The second-order valence-electron chi connectivity index (χ2n) is 4.99. The maximum atomic E-state index is 14.0. The maximum absolute atomic E-state index is 14.0. The lowest BCUT2D eigenvalue weighted by Gasteiger charge is -2.29. The van der Waals surface area contributed by atoms with E-state index in [1.165, 1.54) is 19.2 Å². The molecular weight excluding hydrogens is 361 g/mol. The van der Waals surface area contributed by atoms with Crippen molar-refractivity contribution in [1.29, 1.82) is 0 Å². The van der Waals surface area contributed by atoms with Crippen LogP contribution in [0.5, 0.6) is 5.88 Å². The smallest absolute Gasteiger partial charge is 0.481 e. The number of allylic oxidation sites excluding steroid dienone is 2. The summed E-state index contributed by atoms with van der Waals surface area (Å²) < 4.78 is 95.8. The van der Waals surface area contributed by atoms with Crippen LogP contribution < -0.4 is 4.74 Å². The Morgan fingerprint density at radius 1 is 1.29 bits per heavy atom. The fourth-order valence-electron chi connectivity index (χ4n) is 2.13. The van der Waals surface area contributed by atoms with Crippen molar-refractivity contribution >= 4 is 10.1 Å². The number of hydrogen-bond acceptors (Lipinski definition) is 5. The largest absolute Gasteiger partial charge is 0.534 e. The Morgan fingerprint density at radius 3 is 2.46 bits per heavy atom. The number of nitrogens with zero attached hydrogens (tertiary/aromatic N) is 1. The van der Waals surface area contributed by atoms with Gasteiger partial charge in [-0.2, -0.15) is 21.6 Å². The van der Waals surface area contributed by atoms with Gasteiger partial charge in [-0.15, -0.1) is 0 Å². The van der Waals surface area contributed by atoms with Gasteiger partial charge < -0.3 is 8.92 Å². The van der Waals surface area contributed by atoms with E-state index in [-0.39, 0.29) is 11.4 Å². The third kappa shape index (κ3) is 3.77. The van der Waals surface area contributed by atoms with Gasteiger partial charge >= 0.3 is 15.6 Å². The molecule has 0 saturated carbocycles. The second-order valence-corrected chi connectivity index (χ2v) is 6.53. The average Bonchev–Trinajstić information content (AvgIpc) is 2.48. The van der Waals surface area contributed by atoms with Crippen LogP contribution >= 0.6 is 0 Å². The number of pyridine rings is 1. The fraction of sp³-hybridized carbons (Fsp3) is 0.462. The van der Waals surface area contributed by atoms with Gasteiger partial charge in [0, 0.05) is 25.1 Å².